The molecular weight excluding hydrogens is 382 g/mol. The van der Waals surface area contributed by atoms with Gasteiger partial charge < -0.3 is 15.6 Å². The first kappa shape index (κ1) is 19.0. The smallest absolute Gasteiger partial charge is 0.339 e. The number of hydrogen-bond acceptors (Lipinski definition) is 6. The Bertz CT molecular complexity index is 1090. The molecule has 156 valence electrons. The lowest BCUT2D eigenvalue weighted by atomic mass is 10.0. The molecule has 2 aliphatic rings. The fourth-order valence-electron chi connectivity index (χ4n) is 4.68. The summed E-state index contributed by atoms with van der Waals surface area (Å²) in [5.74, 6) is -1.05. The molecule has 0 saturated carbocycles. The van der Waals surface area contributed by atoms with Crippen molar-refractivity contribution in [2.24, 2.45) is 0 Å². The monoisotopic (exact) mass is 407 g/mol. The Balaban J connectivity index is 1.39. The number of carboxylic acid groups (broad SMARTS) is 1. The lowest BCUT2D eigenvalue weighted by molar-refractivity contribution is 0.0412. The lowest BCUT2D eigenvalue weighted by Gasteiger charge is -2.31. The second kappa shape index (κ2) is 7.70. The van der Waals surface area contributed by atoms with Crippen LogP contribution in [0.15, 0.2) is 36.7 Å². The number of ether oxygens (including phenoxy) is 1. The van der Waals surface area contributed by atoms with Crippen molar-refractivity contribution in [2.45, 2.75) is 31.3 Å². The summed E-state index contributed by atoms with van der Waals surface area (Å²) in [5.41, 5.74) is 8.41. The van der Waals surface area contributed by atoms with Crippen LogP contribution in [0.5, 0.6) is 0 Å². The standard InChI is InChI=1S/C22H25N5O3/c23-21-19(22(28)29)10-15(11-24-21)14-1-2-20-16(9-14)12-25-27(20)18-3-6-26(13-18)17-4-7-30-8-5-17/h1-2,9-12,17-18H,3-8,13H2,(H2,23,24)(H,28,29)/t18-/m1/s1. The van der Waals surface area contributed by atoms with Crippen LogP contribution in [-0.2, 0) is 4.74 Å². The predicted molar refractivity (Wildman–Crippen MR) is 113 cm³/mol. The van der Waals surface area contributed by atoms with Crippen molar-refractivity contribution in [1.82, 2.24) is 19.7 Å². The van der Waals surface area contributed by atoms with Crippen LogP contribution in [0.1, 0.15) is 35.7 Å². The molecule has 0 spiro atoms. The van der Waals surface area contributed by atoms with Crippen LogP contribution in [0.25, 0.3) is 22.0 Å². The zero-order valence-corrected chi connectivity index (χ0v) is 16.7. The SMILES string of the molecule is Nc1ncc(-c2ccc3c(cnn3[C@@H]3CCN(C4CCOCC4)C3)c2)cc1C(=O)O. The highest BCUT2D eigenvalue weighted by Crippen LogP contribution is 2.31. The van der Waals surface area contributed by atoms with E-state index in [2.05, 4.69) is 25.7 Å². The minimum absolute atomic E-state index is 0.0162. The Morgan fingerprint density at radius 3 is 2.73 bits per heavy atom. The van der Waals surface area contributed by atoms with E-state index in [0.717, 1.165) is 67.6 Å². The van der Waals surface area contributed by atoms with Gasteiger partial charge in [-0.1, -0.05) is 6.07 Å². The van der Waals surface area contributed by atoms with E-state index < -0.39 is 5.97 Å². The summed E-state index contributed by atoms with van der Waals surface area (Å²) in [5, 5.41) is 15.0. The van der Waals surface area contributed by atoms with E-state index in [0.29, 0.717) is 12.1 Å². The average molecular weight is 407 g/mol. The van der Waals surface area contributed by atoms with E-state index in [1.165, 1.54) is 0 Å². The Hall–Kier alpha value is -2.97. The highest BCUT2D eigenvalue weighted by Gasteiger charge is 2.31. The second-order valence-corrected chi connectivity index (χ2v) is 8.11. The number of aromatic nitrogens is 3. The van der Waals surface area contributed by atoms with Crippen LogP contribution >= 0.6 is 0 Å². The summed E-state index contributed by atoms with van der Waals surface area (Å²) in [6.45, 7) is 3.85. The minimum atomic E-state index is -1.08. The fourth-order valence-corrected chi connectivity index (χ4v) is 4.68. The van der Waals surface area contributed by atoms with Gasteiger partial charge in [0.2, 0.25) is 0 Å². The second-order valence-electron chi connectivity index (χ2n) is 8.11. The number of nitrogens with two attached hydrogens (primary N) is 1. The number of pyridine rings is 1. The Kier molecular flexibility index (Phi) is 4.88. The molecule has 3 aromatic rings. The molecule has 2 fully saturated rings. The summed E-state index contributed by atoms with van der Waals surface area (Å²) in [6.07, 6.45) is 6.82. The summed E-state index contributed by atoms with van der Waals surface area (Å²) >= 11 is 0. The van der Waals surface area contributed by atoms with Crippen LogP contribution in [0.4, 0.5) is 5.82 Å². The van der Waals surface area contributed by atoms with Gasteiger partial charge in [-0.2, -0.15) is 5.10 Å². The van der Waals surface area contributed by atoms with Gasteiger partial charge >= 0.3 is 5.97 Å². The van der Waals surface area contributed by atoms with Crippen LogP contribution in [0, 0.1) is 0 Å². The van der Waals surface area contributed by atoms with Crippen molar-refractivity contribution in [3.63, 3.8) is 0 Å². The molecule has 8 nitrogen and oxygen atoms in total. The van der Waals surface area contributed by atoms with E-state index in [9.17, 15) is 9.90 Å². The maximum Gasteiger partial charge on any atom is 0.339 e. The number of nitrogens with zero attached hydrogens (tertiary/aromatic N) is 4. The largest absolute Gasteiger partial charge is 0.478 e. The van der Waals surface area contributed by atoms with Crippen LogP contribution in [-0.4, -0.2) is 63.1 Å². The number of carbonyl (C=O) groups is 1. The fraction of sp³-hybridized carbons (Fsp3) is 0.409. The molecule has 0 unspecified atom stereocenters. The first-order chi connectivity index (χ1) is 14.6. The van der Waals surface area contributed by atoms with Gasteiger partial charge in [-0.3, -0.25) is 9.58 Å². The molecule has 0 amide bonds. The van der Waals surface area contributed by atoms with E-state index in [4.69, 9.17) is 10.5 Å². The molecule has 3 N–H and O–H groups in total. The minimum Gasteiger partial charge on any atom is -0.478 e. The van der Waals surface area contributed by atoms with Crippen molar-refractivity contribution >= 4 is 22.7 Å². The van der Waals surface area contributed by atoms with Gasteiger partial charge in [0, 0.05) is 49.5 Å². The predicted octanol–water partition coefficient (Wildman–Crippen LogP) is 2.80. The molecule has 2 saturated heterocycles. The van der Waals surface area contributed by atoms with Gasteiger partial charge in [-0.05, 0) is 43.0 Å². The van der Waals surface area contributed by atoms with Crippen molar-refractivity contribution in [3.05, 3.63) is 42.2 Å². The number of carboxylic acids is 1. The summed E-state index contributed by atoms with van der Waals surface area (Å²) < 4.78 is 7.64. The first-order valence-electron chi connectivity index (χ1n) is 10.4. The molecule has 4 heterocycles. The van der Waals surface area contributed by atoms with Gasteiger partial charge in [0.25, 0.3) is 0 Å². The molecule has 2 aliphatic heterocycles. The van der Waals surface area contributed by atoms with Gasteiger partial charge in [-0.15, -0.1) is 0 Å². The third-order valence-corrected chi connectivity index (χ3v) is 6.33. The summed E-state index contributed by atoms with van der Waals surface area (Å²) in [4.78, 5) is 18.0. The number of benzene rings is 1. The molecular formula is C22H25N5O3. The molecule has 0 radical (unpaired) electrons. The zero-order chi connectivity index (χ0) is 20.7. The zero-order valence-electron chi connectivity index (χ0n) is 16.7. The van der Waals surface area contributed by atoms with Crippen LogP contribution < -0.4 is 5.73 Å². The van der Waals surface area contributed by atoms with Crippen molar-refractivity contribution < 1.29 is 14.6 Å². The normalized spacial score (nSPS) is 20.7. The number of aromatic carboxylic acids is 1. The van der Waals surface area contributed by atoms with Crippen molar-refractivity contribution in [3.8, 4) is 11.1 Å². The molecule has 2 aromatic heterocycles. The Morgan fingerprint density at radius 2 is 1.93 bits per heavy atom. The summed E-state index contributed by atoms with van der Waals surface area (Å²) in [6, 6.07) is 8.64. The van der Waals surface area contributed by atoms with Crippen molar-refractivity contribution in [1.29, 1.82) is 0 Å². The van der Waals surface area contributed by atoms with Gasteiger partial charge in [0.15, 0.2) is 0 Å². The molecule has 30 heavy (non-hydrogen) atoms. The number of hydrogen-bond donors (Lipinski definition) is 2. The van der Waals surface area contributed by atoms with E-state index in [-0.39, 0.29) is 11.4 Å². The highest BCUT2D eigenvalue weighted by atomic mass is 16.5. The molecule has 1 atom stereocenters. The quantitative estimate of drug-likeness (QED) is 0.685. The van der Waals surface area contributed by atoms with Gasteiger partial charge in [-0.25, -0.2) is 9.78 Å². The third kappa shape index (κ3) is 3.42. The third-order valence-electron chi connectivity index (χ3n) is 6.33. The number of fused-ring (bicyclic) bond motifs is 1. The number of anilines is 1. The number of rotatable bonds is 4. The molecule has 0 aliphatic carbocycles. The molecule has 1 aromatic carbocycles. The molecule has 5 rings (SSSR count). The Morgan fingerprint density at radius 1 is 1.10 bits per heavy atom. The van der Waals surface area contributed by atoms with Crippen LogP contribution in [0.2, 0.25) is 0 Å². The van der Waals surface area contributed by atoms with Gasteiger partial charge in [0.05, 0.1) is 17.8 Å². The Labute approximate surface area is 174 Å². The maximum atomic E-state index is 11.4. The number of likely N-dealkylation sites (tertiary alicyclic amines) is 1. The molecule has 8 heteroatoms. The van der Waals surface area contributed by atoms with Gasteiger partial charge in [0.1, 0.15) is 11.4 Å². The first-order valence-corrected chi connectivity index (χ1v) is 10.4. The topological polar surface area (TPSA) is 107 Å². The van der Waals surface area contributed by atoms with Crippen LogP contribution in [0.3, 0.4) is 0 Å². The van der Waals surface area contributed by atoms with E-state index in [1.807, 2.05) is 18.3 Å². The van der Waals surface area contributed by atoms with E-state index in [1.54, 1.807) is 12.3 Å². The number of nitrogen functional groups attached to an aromatic ring is 1. The molecule has 0 bridgehead atoms. The van der Waals surface area contributed by atoms with E-state index >= 15 is 0 Å². The maximum absolute atomic E-state index is 11.4. The lowest BCUT2D eigenvalue weighted by Crippen LogP contribution is -2.38. The summed E-state index contributed by atoms with van der Waals surface area (Å²) in [7, 11) is 0. The van der Waals surface area contributed by atoms with Crippen molar-refractivity contribution in [2.75, 3.05) is 32.0 Å². The average Bonchev–Trinajstić information content (AvgIpc) is 3.41. The highest BCUT2D eigenvalue weighted by molar-refractivity contribution is 5.94.